The van der Waals surface area contributed by atoms with E-state index in [0.717, 1.165) is 5.56 Å². The number of aromatic nitrogens is 1. The molecule has 1 aliphatic heterocycles. The molecule has 1 atom stereocenters. The molecule has 0 aliphatic carbocycles. The van der Waals surface area contributed by atoms with Crippen LogP contribution in [0, 0.1) is 11.7 Å². The summed E-state index contributed by atoms with van der Waals surface area (Å²) in [5.74, 6) is -0.613. The number of hydrogen-bond acceptors (Lipinski definition) is 4. The fourth-order valence-corrected chi connectivity index (χ4v) is 2.91. The van der Waals surface area contributed by atoms with Crippen molar-refractivity contribution >= 4 is 10.8 Å². The van der Waals surface area contributed by atoms with E-state index < -0.39 is 5.79 Å². The molecule has 1 aromatic carbocycles. The first-order valence-electron chi connectivity index (χ1n) is 8.18. The summed E-state index contributed by atoms with van der Waals surface area (Å²) in [6.07, 6.45) is 1.65. The third kappa shape index (κ3) is 3.66. The Kier molecular flexibility index (Phi) is 4.71. The number of benzene rings is 1. The highest BCUT2D eigenvalue weighted by molar-refractivity contribution is 5.85. The molecule has 1 aliphatic rings. The number of aromatic amines is 1. The van der Waals surface area contributed by atoms with E-state index in [1.165, 1.54) is 18.2 Å². The van der Waals surface area contributed by atoms with Crippen molar-refractivity contribution in [1.82, 2.24) is 10.3 Å². The summed E-state index contributed by atoms with van der Waals surface area (Å²) in [6.45, 7) is 7.78. The molecule has 3 rings (SSSR count). The van der Waals surface area contributed by atoms with Crippen LogP contribution in [0.4, 0.5) is 4.39 Å². The lowest BCUT2D eigenvalue weighted by Crippen LogP contribution is -2.43. The first-order chi connectivity index (χ1) is 11.4. The monoisotopic (exact) mass is 334 g/mol. The molecule has 2 aromatic rings. The summed E-state index contributed by atoms with van der Waals surface area (Å²) in [4.78, 5) is 14.6. The maximum atomic E-state index is 13.6. The van der Waals surface area contributed by atoms with Crippen molar-refractivity contribution < 1.29 is 13.9 Å². The SMILES string of the molecule is CC(NCC1COC(C)(C)OC1)c1c[nH]c(=O)c2ccc(F)cc12. The summed E-state index contributed by atoms with van der Waals surface area (Å²) in [5, 5.41) is 4.55. The van der Waals surface area contributed by atoms with Gasteiger partial charge in [-0.15, -0.1) is 0 Å². The van der Waals surface area contributed by atoms with E-state index in [0.29, 0.717) is 30.5 Å². The number of halogens is 1. The molecule has 5 nitrogen and oxygen atoms in total. The lowest BCUT2D eigenvalue weighted by molar-refractivity contribution is -0.261. The second-order valence-corrected chi connectivity index (χ2v) is 6.78. The van der Waals surface area contributed by atoms with E-state index in [2.05, 4.69) is 10.3 Å². The molecule has 1 unspecified atom stereocenters. The molecule has 1 aromatic heterocycles. The molecular weight excluding hydrogens is 311 g/mol. The average Bonchev–Trinajstić information content (AvgIpc) is 2.54. The number of ether oxygens (including phenoxy) is 2. The van der Waals surface area contributed by atoms with Crippen molar-refractivity contribution in [3.8, 4) is 0 Å². The first-order valence-corrected chi connectivity index (χ1v) is 8.18. The van der Waals surface area contributed by atoms with Crippen LogP contribution in [-0.4, -0.2) is 30.5 Å². The van der Waals surface area contributed by atoms with Gasteiger partial charge in [0.2, 0.25) is 0 Å². The smallest absolute Gasteiger partial charge is 0.255 e. The zero-order valence-corrected chi connectivity index (χ0v) is 14.2. The van der Waals surface area contributed by atoms with Crippen LogP contribution >= 0.6 is 0 Å². The Morgan fingerprint density at radius 3 is 2.75 bits per heavy atom. The fourth-order valence-electron chi connectivity index (χ4n) is 2.91. The zero-order chi connectivity index (χ0) is 17.3. The van der Waals surface area contributed by atoms with E-state index in [9.17, 15) is 9.18 Å². The van der Waals surface area contributed by atoms with E-state index in [-0.39, 0.29) is 23.3 Å². The topological polar surface area (TPSA) is 63.4 Å². The largest absolute Gasteiger partial charge is 0.350 e. The molecule has 0 spiro atoms. The van der Waals surface area contributed by atoms with Gasteiger partial charge < -0.3 is 19.8 Å². The standard InChI is InChI=1S/C18H23FN2O3/c1-11(20-7-12-9-23-18(2,3)24-10-12)16-8-21-17(22)14-5-4-13(19)6-15(14)16/h4-6,8,11-12,20H,7,9-10H2,1-3H3,(H,21,22). The van der Waals surface area contributed by atoms with Crippen molar-refractivity contribution in [2.45, 2.75) is 32.6 Å². The van der Waals surface area contributed by atoms with Crippen LogP contribution in [0.2, 0.25) is 0 Å². The quantitative estimate of drug-likeness (QED) is 0.902. The van der Waals surface area contributed by atoms with Crippen LogP contribution < -0.4 is 10.9 Å². The summed E-state index contributed by atoms with van der Waals surface area (Å²) >= 11 is 0. The number of nitrogens with one attached hydrogen (secondary N) is 2. The van der Waals surface area contributed by atoms with Gasteiger partial charge >= 0.3 is 0 Å². The predicted octanol–water partition coefficient (Wildman–Crippen LogP) is 2.72. The molecule has 2 N–H and O–H groups in total. The lowest BCUT2D eigenvalue weighted by atomic mass is 10.0. The molecule has 0 radical (unpaired) electrons. The molecule has 130 valence electrons. The van der Waals surface area contributed by atoms with Crippen molar-refractivity contribution in [2.24, 2.45) is 5.92 Å². The van der Waals surface area contributed by atoms with E-state index in [1.54, 1.807) is 6.20 Å². The molecule has 1 saturated heterocycles. The molecule has 0 amide bonds. The Bertz CT molecular complexity index is 777. The molecule has 0 bridgehead atoms. The average molecular weight is 334 g/mol. The Morgan fingerprint density at radius 2 is 2.04 bits per heavy atom. The third-order valence-electron chi connectivity index (χ3n) is 4.41. The van der Waals surface area contributed by atoms with Gasteiger partial charge in [-0.25, -0.2) is 4.39 Å². The van der Waals surface area contributed by atoms with Crippen molar-refractivity contribution in [3.05, 3.63) is 46.1 Å². The Hall–Kier alpha value is -1.76. The van der Waals surface area contributed by atoms with Crippen molar-refractivity contribution in [1.29, 1.82) is 0 Å². The third-order valence-corrected chi connectivity index (χ3v) is 4.41. The van der Waals surface area contributed by atoms with Gasteiger partial charge in [-0.1, -0.05) is 0 Å². The molecule has 6 heteroatoms. The minimum Gasteiger partial charge on any atom is -0.350 e. The van der Waals surface area contributed by atoms with Gasteiger partial charge in [0.25, 0.3) is 5.56 Å². The van der Waals surface area contributed by atoms with E-state index in [4.69, 9.17) is 9.47 Å². The Balaban J connectivity index is 1.73. The number of rotatable bonds is 4. The van der Waals surface area contributed by atoms with Crippen LogP contribution in [0.25, 0.3) is 10.8 Å². The van der Waals surface area contributed by atoms with Gasteiger partial charge in [0.05, 0.1) is 13.2 Å². The molecular formula is C18H23FN2O3. The maximum Gasteiger partial charge on any atom is 0.255 e. The predicted molar refractivity (Wildman–Crippen MR) is 90.4 cm³/mol. The highest BCUT2D eigenvalue weighted by Crippen LogP contribution is 2.24. The number of fused-ring (bicyclic) bond motifs is 1. The zero-order valence-electron chi connectivity index (χ0n) is 14.2. The summed E-state index contributed by atoms with van der Waals surface area (Å²) < 4.78 is 24.9. The Morgan fingerprint density at radius 1 is 1.33 bits per heavy atom. The summed E-state index contributed by atoms with van der Waals surface area (Å²) in [6, 6.07) is 4.19. The highest BCUT2D eigenvalue weighted by Gasteiger charge is 2.28. The minimum atomic E-state index is -0.519. The molecule has 24 heavy (non-hydrogen) atoms. The van der Waals surface area contributed by atoms with Gasteiger partial charge in [-0.05, 0) is 49.9 Å². The normalized spacial score (nSPS) is 19.5. The first kappa shape index (κ1) is 17.1. The van der Waals surface area contributed by atoms with Gasteiger partial charge in [-0.3, -0.25) is 4.79 Å². The molecule has 2 heterocycles. The second kappa shape index (κ2) is 6.63. The number of H-pyrrole nitrogens is 1. The van der Waals surface area contributed by atoms with E-state index in [1.807, 2.05) is 20.8 Å². The minimum absolute atomic E-state index is 0.0407. The van der Waals surface area contributed by atoms with Gasteiger partial charge in [0.15, 0.2) is 5.79 Å². The van der Waals surface area contributed by atoms with Crippen molar-refractivity contribution in [3.63, 3.8) is 0 Å². The Labute approximate surface area is 140 Å². The fraction of sp³-hybridized carbons (Fsp3) is 0.500. The van der Waals surface area contributed by atoms with Crippen LogP contribution in [-0.2, 0) is 9.47 Å². The van der Waals surface area contributed by atoms with Crippen LogP contribution in [0.1, 0.15) is 32.4 Å². The second-order valence-electron chi connectivity index (χ2n) is 6.78. The maximum absolute atomic E-state index is 13.6. The van der Waals surface area contributed by atoms with E-state index >= 15 is 0 Å². The summed E-state index contributed by atoms with van der Waals surface area (Å²) in [5.41, 5.74) is 0.652. The number of hydrogen-bond donors (Lipinski definition) is 2. The highest BCUT2D eigenvalue weighted by atomic mass is 19.1. The van der Waals surface area contributed by atoms with Crippen molar-refractivity contribution in [2.75, 3.05) is 19.8 Å². The van der Waals surface area contributed by atoms with Gasteiger partial charge in [-0.2, -0.15) is 0 Å². The van der Waals surface area contributed by atoms with Gasteiger partial charge in [0, 0.05) is 30.1 Å². The lowest BCUT2D eigenvalue weighted by Gasteiger charge is -2.35. The molecule has 0 saturated carbocycles. The van der Waals surface area contributed by atoms with Crippen LogP contribution in [0.5, 0.6) is 0 Å². The summed E-state index contributed by atoms with van der Waals surface area (Å²) in [7, 11) is 0. The molecule has 1 fully saturated rings. The van der Waals surface area contributed by atoms with Crippen LogP contribution in [0.15, 0.2) is 29.2 Å². The number of pyridine rings is 1. The van der Waals surface area contributed by atoms with Crippen LogP contribution in [0.3, 0.4) is 0 Å². The van der Waals surface area contributed by atoms with Gasteiger partial charge in [0.1, 0.15) is 5.82 Å².